The molecule has 0 saturated heterocycles. The number of rotatable bonds is 10. The van der Waals surface area contributed by atoms with Crippen LogP contribution in [-0.4, -0.2) is 35.2 Å². The number of aryl methyl sites for hydroxylation is 3. The molecule has 0 bridgehead atoms. The molecule has 0 fully saturated rings. The van der Waals surface area contributed by atoms with E-state index in [1.54, 1.807) is 7.11 Å². The maximum absolute atomic E-state index is 14.2. The Morgan fingerprint density at radius 1 is 1.03 bits per heavy atom. The molecule has 0 aliphatic carbocycles. The van der Waals surface area contributed by atoms with E-state index in [0.29, 0.717) is 6.61 Å². The molecule has 194 valence electrons. The van der Waals surface area contributed by atoms with E-state index >= 15 is 0 Å². The monoisotopic (exact) mass is 499 g/mol. The van der Waals surface area contributed by atoms with Gasteiger partial charge in [0.05, 0.1) is 29.4 Å². The van der Waals surface area contributed by atoms with Crippen LogP contribution in [0.25, 0.3) is 11.0 Å². The highest BCUT2D eigenvalue weighted by Gasteiger charge is 2.28. The van der Waals surface area contributed by atoms with Crippen molar-refractivity contribution in [3.63, 3.8) is 0 Å². The lowest BCUT2D eigenvalue weighted by atomic mass is 10.0. The second kappa shape index (κ2) is 11.6. The maximum atomic E-state index is 14.2. The Bertz CT molecular complexity index is 1380. The number of carbonyl (C=O) groups excluding carboxylic acids is 1. The van der Waals surface area contributed by atoms with Gasteiger partial charge in [-0.05, 0) is 75.1 Å². The van der Waals surface area contributed by atoms with E-state index in [1.165, 1.54) is 0 Å². The Labute approximate surface area is 219 Å². The van der Waals surface area contributed by atoms with Gasteiger partial charge in [0.2, 0.25) is 5.91 Å². The normalized spacial score (nSPS) is 12.9. The molecule has 6 heteroatoms. The van der Waals surface area contributed by atoms with Crippen LogP contribution in [0.1, 0.15) is 49.4 Å². The van der Waals surface area contributed by atoms with E-state index in [-0.39, 0.29) is 24.6 Å². The molecule has 1 aromatic heterocycles. The van der Waals surface area contributed by atoms with Crippen LogP contribution in [-0.2, 0) is 22.5 Å². The standard InChI is InChI=1S/C31H37N3O3/c1-7-25-14-11-13-22(3)30(25)34(23(4)20-36-6)29(35)19-33-28-17-9-8-16-27(28)32-31(33)24(5)37-26-15-10-12-21(2)18-26/h8-18,23-24H,7,19-20H2,1-6H3. The van der Waals surface area contributed by atoms with Crippen LogP contribution in [0.4, 0.5) is 5.69 Å². The van der Waals surface area contributed by atoms with Gasteiger partial charge in [0.1, 0.15) is 12.3 Å². The van der Waals surface area contributed by atoms with E-state index < -0.39 is 0 Å². The third-order valence-electron chi connectivity index (χ3n) is 6.70. The van der Waals surface area contributed by atoms with Gasteiger partial charge in [0.25, 0.3) is 0 Å². The number of ether oxygens (including phenoxy) is 2. The number of carbonyl (C=O) groups is 1. The SMILES string of the molecule is CCc1cccc(C)c1N(C(=O)Cn1c(C(C)Oc2cccc(C)c2)nc2ccccc21)C(C)COC. The topological polar surface area (TPSA) is 56.6 Å². The van der Waals surface area contributed by atoms with Gasteiger partial charge in [-0.1, -0.05) is 49.4 Å². The Morgan fingerprint density at radius 3 is 2.51 bits per heavy atom. The molecule has 4 rings (SSSR count). The first-order valence-electron chi connectivity index (χ1n) is 12.9. The van der Waals surface area contributed by atoms with Gasteiger partial charge in [-0.2, -0.15) is 0 Å². The van der Waals surface area contributed by atoms with Crippen LogP contribution in [0.15, 0.2) is 66.7 Å². The molecule has 0 aliphatic rings. The van der Waals surface area contributed by atoms with Crippen LogP contribution in [0.5, 0.6) is 5.75 Å². The Hall–Kier alpha value is -3.64. The molecule has 0 aliphatic heterocycles. The largest absolute Gasteiger partial charge is 0.483 e. The van der Waals surface area contributed by atoms with E-state index in [2.05, 4.69) is 26.0 Å². The summed E-state index contributed by atoms with van der Waals surface area (Å²) < 4.78 is 13.8. The third-order valence-corrected chi connectivity index (χ3v) is 6.70. The molecule has 2 unspecified atom stereocenters. The minimum atomic E-state index is -0.350. The van der Waals surface area contributed by atoms with Crippen molar-refractivity contribution >= 4 is 22.6 Å². The number of para-hydroxylation sites is 3. The van der Waals surface area contributed by atoms with Gasteiger partial charge in [-0.15, -0.1) is 0 Å². The molecule has 1 heterocycles. The third kappa shape index (κ3) is 5.70. The van der Waals surface area contributed by atoms with Crippen LogP contribution in [0.2, 0.25) is 0 Å². The highest BCUT2D eigenvalue weighted by atomic mass is 16.5. The number of nitrogens with zero attached hydrogens (tertiary/aromatic N) is 3. The summed E-state index contributed by atoms with van der Waals surface area (Å²) in [6, 6.07) is 22.0. The quantitative estimate of drug-likeness (QED) is 0.253. The summed E-state index contributed by atoms with van der Waals surface area (Å²) in [5, 5.41) is 0. The fraction of sp³-hybridized carbons (Fsp3) is 0.355. The molecule has 4 aromatic rings. The van der Waals surface area contributed by atoms with Crippen molar-refractivity contribution in [3.05, 3.63) is 89.2 Å². The smallest absolute Gasteiger partial charge is 0.247 e. The van der Waals surface area contributed by atoms with E-state index in [9.17, 15) is 4.79 Å². The van der Waals surface area contributed by atoms with Crippen molar-refractivity contribution in [3.8, 4) is 5.75 Å². The lowest BCUT2D eigenvalue weighted by molar-refractivity contribution is -0.119. The van der Waals surface area contributed by atoms with Crippen molar-refractivity contribution in [1.29, 1.82) is 0 Å². The van der Waals surface area contributed by atoms with Gasteiger partial charge >= 0.3 is 0 Å². The van der Waals surface area contributed by atoms with Crippen molar-refractivity contribution in [1.82, 2.24) is 9.55 Å². The van der Waals surface area contributed by atoms with Crippen molar-refractivity contribution in [2.24, 2.45) is 0 Å². The zero-order valence-corrected chi connectivity index (χ0v) is 22.7. The van der Waals surface area contributed by atoms with E-state index in [1.807, 2.05) is 84.8 Å². The summed E-state index contributed by atoms with van der Waals surface area (Å²) in [6.07, 6.45) is 0.484. The van der Waals surface area contributed by atoms with E-state index in [4.69, 9.17) is 14.5 Å². The van der Waals surface area contributed by atoms with Crippen LogP contribution in [0, 0.1) is 13.8 Å². The lowest BCUT2D eigenvalue weighted by Gasteiger charge is -2.32. The highest BCUT2D eigenvalue weighted by molar-refractivity contribution is 5.96. The van der Waals surface area contributed by atoms with E-state index in [0.717, 1.165) is 51.4 Å². The average Bonchev–Trinajstić information content (AvgIpc) is 3.24. The molecule has 6 nitrogen and oxygen atoms in total. The first-order valence-corrected chi connectivity index (χ1v) is 12.9. The van der Waals surface area contributed by atoms with Crippen molar-refractivity contribution in [2.75, 3.05) is 18.6 Å². The summed E-state index contributed by atoms with van der Waals surface area (Å²) in [6.45, 7) is 10.8. The highest BCUT2D eigenvalue weighted by Crippen LogP contribution is 2.30. The van der Waals surface area contributed by atoms with Crippen LogP contribution in [0.3, 0.4) is 0 Å². The maximum Gasteiger partial charge on any atom is 0.247 e. The Morgan fingerprint density at radius 2 is 1.78 bits per heavy atom. The summed E-state index contributed by atoms with van der Waals surface area (Å²) in [5.41, 5.74) is 6.05. The molecule has 2 atom stereocenters. The molecule has 0 spiro atoms. The van der Waals surface area contributed by atoms with Crippen LogP contribution < -0.4 is 9.64 Å². The minimum absolute atomic E-state index is 0.0132. The Balaban J connectivity index is 1.75. The zero-order valence-electron chi connectivity index (χ0n) is 22.7. The number of hydrogen-bond acceptors (Lipinski definition) is 4. The first kappa shape index (κ1) is 26.4. The molecule has 1 amide bonds. The fourth-order valence-corrected chi connectivity index (χ4v) is 4.98. The Kier molecular flexibility index (Phi) is 8.29. The minimum Gasteiger partial charge on any atom is -0.483 e. The molecule has 0 radical (unpaired) electrons. The number of anilines is 1. The number of methoxy groups -OCH3 is 1. The molecule has 0 saturated carbocycles. The predicted molar refractivity (Wildman–Crippen MR) is 149 cm³/mol. The molecular formula is C31H37N3O3. The first-order chi connectivity index (χ1) is 17.8. The second-order valence-electron chi connectivity index (χ2n) is 9.63. The fourth-order valence-electron chi connectivity index (χ4n) is 4.98. The summed E-state index contributed by atoms with van der Waals surface area (Å²) in [4.78, 5) is 20.9. The number of aromatic nitrogens is 2. The summed E-state index contributed by atoms with van der Waals surface area (Å²) in [7, 11) is 1.67. The number of amides is 1. The lowest BCUT2D eigenvalue weighted by Crippen LogP contribution is -2.44. The molecule has 0 N–H and O–H groups in total. The molecule has 3 aromatic carbocycles. The summed E-state index contributed by atoms with van der Waals surface area (Å²) in [5.74, 6) is 1.48. The predicted octanol–water partition coefficient (Wildman–Crippen LogP) is 6.42. The summed E-state index contributed by atoms with van der Waals surface area (Å²) >= 11 is 0. The number of fused-ring (bicyclic) bond motifs is 1. The van der Waals surface area contributed by atoms with Gasteiger partial charge in [0.15, 0.2) is 11.9 Å². The van der Waals surface area contributed by atoms with Crippen molar-refractivity contribution in [2.45, 2.75) is 59.7 Å². The molecular weight excluding hydrogens is 462 g/mol. The number of hydrogen-bond donors (Lipinski definition) is 0. The molecule has 37 heavy (non-hydrogen) atoms. The van der Waals surface area contributed by atoms with Crippen LogP contribution >= 0.6 is 0 Å². The van der Waals surface area contributed by atoms with Gasteiger partial charge in [-0.25, -0.2) is 4.98 Å². The average molecular weight is 500 g/mol. The van der Waals surface area contributed by atoms with Crippen molar-refractivity contribution < 1.29 is 14.3 Å². The van der Waals surface area contributed by atoms with Gasteiger partial charge < -0.3 is 18.9 Å². The number of imidazole rings is 1. The number of benzene rings is 3. The second-order valence-corrected chi connectivity index (χ2v) is 9.63. The zero-order chi connectivity index (χ0) is 26.5. The van der Waals surface area contributed by atoms with Gasteiger partial charge in [0, 0.05) is 7.11 Å². The van der Waals surface area contributed by atoms with Gasteiger partial charge in [-0.3, -0.25) is 4.79 Å².